The number of hydrogen-bond acceptors (Lipinski definition) is 3. The molecule has 0 spiro atoms. The number of nitrogens with zero attached hydrogens (tertiary/aromatic N) is 1. The molecule has 0 atom stereocenters. The van der Waals surface area contributed by atoms with Crippen molar-refractivity contribution < 1.29 is 4.39 Å². The lowest BCUT2D eigenvalue weighted by molar-refractivity contribution is 0.621. The Bertz CT molecular complexity index is 799. The summed E-state index contributed by atoms with van der Waals surface area (Å²) in [4.78, 5) is 4.40. The molecular weight excluding hydrogens is 380 g/mol. The first-order valence-electron chi connectivity index (χ1n) is 6.46. The van der Waals surface area contributed by atoms with Crippen molar-refractivity contribution in [2.24, 2.45) is 0 Å². The van der Waals surface area contributed by atoms with E-state index >= 15 is 0 Å². The SMILES string of the molecule is Nc1cc(I)c(F)cc1NCc1cccc2cccnc12. The van der Waals surface area contributed by atoms with Crippen LogP contribution in [0.2, 0.25) is 0 Å². The zero-order chi connectivity index (χ0) is 14.8. The first-order chi connectivity index (χ1) is 10.1. The van der Waals surface area contributed by atoms with E-state index in [-0.39, 0.29) is 5.82 Å². The van der Waals surface area contributed by atoms with Crippen LogP contribution in [0.25, 0.3) is 10.9 Å². The van der Waals surface area contributed by atoms with E-state index in [1.807, 2.05) is 52.9 Å². The maximum Gasteiger partial charge on any atom is 0.138 e. The van der Waals surface area contributed by atoms with Crippen LogP contribution < -0.4 is 11.1 Å². The molecule has 1 aromatic heterocycles. The van der Waals surface area contributed by atoms with E-state index in [4.69, 9.17) is 5.73 Å². The summed E-state index contributed by atoms with van der Waals surface area (Å²) < 4.78 is 14.1. The molecule has 21 heavy (non-hydrogen) atoms. The third-order valence-electron chi connectivity index (χ3n) is 3.28. The van der Waals surface area contributed by atoms with E-state index in [9.17, 15) is 4.39 Å². The van der Waals surface area contributed by atoms with Gasteiger partial charge in [0.2, 0.25) is 0 Å². The molecule has 3 N–H and O–H groups in total. The lowest BCUT2D eigenvalue weighted by atomic mass is 10.1. The number of hydrogen-bond donors (Lipinski definition) is 2. The van der Waals surface area contributed by atoms with E-state index in [1.165, 1.54) is 6.07 Å². The molecular formula is C16H13FIN3. The van der Waals surface area contributed by atoms with Gasteiger partial charge in [-0.15, -0.1) is 0 Å². The maximum absolute atomic E-state index is 13.6. The Morgan fingerprint density at radius 2 is 2.00 bits per heavy atom. The molecule has 0 aliphatic carbocycles. The third-order valence-corrected chi connectivity index (χ3v) is 4.10. The van der Waals surface area contributed by atoms with Gasteiger partial charge in [-0.05, 0) is 40.3 Å². The number of aromatic nitrogens is 1. The van der Waals surface area contributed by atoms with Gasteiger partial charge in [0.25, 0.3) is 0 Å². The number of halogens is 2. The van der Waals surface area contributed by atoms with Crippen molar-refractivity contribution in [2.45, 2.75) is 6.54 Å². The second kappa shape index (κ2) is 5.85. The predicted octanol–water partition coefficient (Wildman–Crippen LogP) is 4.17. The summed E-state index contributed by atoms with van der Waals surface area (Å²) in [5, 5.41) is 4.26. The lowest BCUT2D eigenvalue weighted by Gasteiger charge is -2.11. The highest BCUT2D eigenvalue weighted by molar-refractivity contribution is 14.1. The molecule has 0 bridgehead atoms. The van der Waals surface area contributed by atoms with E-state index in [2.05, 4.69) is 10.3 Å². The van der Waals surface area contributed by atoms with Crippen LogP contribution in [0.1, 0.15) is 5.56 Å². The molecule has 0 fully saturated rings. The molecule has 0 aliphatic rings. The number of anilines is 2. The number of benzene rings is 2. The van der Waals surface area contributed by atoms with Crippen LogP contribution in [-0.4, -0.2) is 4.98 Å². The van der Waals surface area contributed by atoms with Crippen LogP contribution in [0, 0.1) is 9.39 Å². The highest BCUT2D eigenvalue weighted by Crippen LogP contribution is 2.25. The Morgan fingerprint density at radius 1 is 1.19 bits per heavy atom. The fourth-order valence-electron chi connectivity index (χ4n) is 2.22. The molecule has 0 saturated heterocycles. The maximum atomic E-state index is 13.6. The molecule has 0 unspecified atom stereocenters. The highest BCUT2D eigenvalue weighted by atomic mass is 127. The number of nitrogens with one attached hydrogen (secondary N) is 1. The molecule has 5 heteroatoms. The molecule has 2 aromatic carbocycles. The Kier molecular flexibility index (Phi) is 3.92. The van der Waals surface area contributed by atoms with E-state index in [0.717, 1.165) is 16.5 Å². The normalized spacial score (nSPS) is 10.8. The van der Waals surface area contributed by atoms with Crippen molar-refractivity contribution in [3.8, 4) is 0 Å². The lowest BCUT2D eigenvalue weighted by Crippen LogP contribution is -2.04. The Labute approximate surface area is 135 Å². The fourth-order valence-corrected chi connectivity index (χ4v) is 2.71. The van der Waals surface area contributed by atoms with Crippen molar-refractivity contribution in [1.82, 2.24) is 4.98 Å². The fraction of sp³-hybridized carbons (Fsp3) is 0.0625. The Morgan fingerprint density at radius 3 is 2.86 bits per heavy atom. The molecule has 1 heterocycles. The standard InChI is InChI=1S/C16H13FIN3/c17-12-7-15(14(19)8-13(12)18)21-9-11-4-1-3-10-5-2-6-20-16(10)11/h1-8,21H,9,19H2. The average Bonchev–Trinajstić information content (AvgIpc) is 2.49. The summed E-state index contributed by atoms with van der Waals surface area (Å²) in [5.74, 6) is -0.275. The van der Waals surface area contributed by atoms with Crippen LogP contribution >= 0.6 is 22.6 Å². The Balaban J connectivity index is 1.89. The second-order valence-corrected chi connectivity index (χ2v) is 5.86. The van der Waals surface area contributed by atoms with Gasteiger partial charge < -0.3 is 11.1 Å². The summed E-state index contributed by atoms with van der Waals surface area (Å²) in [6.45, 7) is 0.540. The quantitative estimate of drug-likeness (QED) is 0.519. The summed E-state index contributed by atoms with van der Waals surface area (Å²) in [7, 11) is 0. The molecule has 0 aliphatic heterocycles. The molecule has 0 saturated carbocycles. The van der Waals surface area contributed by atoms with E-state index < -0.39 is 0 Å². The molecule has 106 valence electrons. The van der Waals surface area contributed by atoms with Gasteiger partial charge in [0, 0.05) is 24.2 Å². The average molecular weight is 393 g/mol. The van der Waals surface area contributed by atoms with Gasteiger partial charge in [0.1, 0.15) is 5.82 Å². The van der Waals surface area contributed by atoms with Crippen molar-refractivity contribution >= 4 is 44.9 Å². The van der Waals surface area contributed by atoms with Crippen LogP contribution in [0.3, 0.4) is 0 Å². The van der Waals surface area contributed by atoms with Gasteiger partial charge in [-0.25, -0.2) is 4.39 Å². The van der Waals surface area contributed by atoms with Gasteiger partial charge in [-0.2, -0.15) is 0 Å². The third kappa shape index (κ3) is 2.92. The van der Waals surface area contributed by atoms with Gasteiger partial charge in [-0.1, -0.05) is 24.3 Å². The largest absolute Gasteiger partial charge is 0.397 e. The van der Waals surface area contributed by atoms with E-state index in [0.29, 0.717) is 21.5 Å². The van der Waals surface area contributed by atoms with Crippen LogP contribution in [0.15, 0.2) is 48.7 Å². The number of para-hydroxylation sites is 1. The zero-order valence-electron chi connectivity index (χ0n) is 11.1. The second-order valence-electron chi connectivity index (χ2n) is 4.70. The van der Waals surface area contributed by atoms with Crippen molar-refractivity contribution in [2.75, 3.05) is 11.1 Å². The molecule has 3 aromatic rings. The van der Waals surface area contributed by atoms with Crippen molar-refractivity contribution in [1.29, 1.82) is 0 Å². The number of nitrogen functional groups attached to an aromatic ring is 1. The van der Waals surface area contributed by atoms with Gasteiger partial charge in [0.05, 0.1) is 20.5 Å². The van der Waals surface area contributed by atoms with Gasteiger partial charge >= 0.3 is 0 Å². The Hall–Kier alpha value is -1.89. The summed E-state index contributed by atoms with van der Waals surface area (Å²) in [6.07, 6.45) is 1.77. The zero-order valence-corrected chi connectivity index (χ0v) is 13.3. The number of pyridine rings is 1. The first kappa shape index (κ1) is 14.1. The monoisotopic (exact) mass is 393 g/mol. The number of fused-ring (bicyclic) bond motifs is 1. The summed E-state index contributed by atoms with van der Waals surface area (Å²) in [5.41, 5.74) is 9.04. The summed E-state index contributed by atoms with van der Waals surface area (Å²) in [6, 6.07) is 13.0. The van der Waals surface area contributed by atoms with Crippen LogP contribution in [-0.2, 0) is 6.54 Å². The smallest absolute Gasteiger partial charge is 0.138 e. The predicted molar refractivity (Wildman–Crippen MR) is 92.6 cm³/mol. The minimum absolute atomic E-state index is 0.275. The minimum atomic E-state index is -0.275. The van der Waals surface area contributed by atoms with Crippen LogP contribution in [0.5, 0.6) is 0 Å². The van der Waals surface area contributed by atoms with Crippen molar-refractivity contribution in [3.05, 3.63) is 63.6 Å². The summed E-state index contributed by atoms with van der Waals surface area (Å²) >= 11 is 1.93. The molecule has 0 amide bonds. The van der Waals surface area contributed by atoms with Gasteiger partial charge in [0.15, 0.2) is 0 Å². The number of rotatable bonds is 3. The van der Waals surface area contributed by atoms with Crippen LogP contribution in [0.4, 0.5) is 15.8 Å². The molecule has 0 radical (unpaired) electrons. The highest BCUT2D eigenvalue weighted by Gasteiger charge is 2.07. The van der Waals surface area contributed by atoms with E-state index in [1.54, 1.807) is 12.3 Å². The molecule has 3 nitrogen and oxygen atoms in total. The first-order valence-corrected chi connectivity index (χ1v) is 7.54. The molecule has 3 rings (SSSR count). The minimum Gasteiger partial charge on any atom is -0.397 e. The van der Waals surface area contributed by atoms with Crippen molar-refractivity contribution in [3.63, 3.8) is 0 Å². The number of nitrogens with two attached hydrogens (primary N) is 1. The topological polar surface area (TPSA) is 50.9 Å². The van der Waals surface area contributed by atoms with Gasteiger partial charge in [-0.3, -0.25) is 4.98 Å².